The zero-order valence-corrected chi connectivity index (χ0v) is 58.0. The number of rotatable bonds is 7. The quantitative estimate of drug-likeness (QED) is 0.117. The van der Waals surface area contributed by atoms with Gasteiger partial charge in [-0.05, 0) is 244 Å². The SMILES string of the molecule is Cc1c2c(cc3ccccc13)B1c3cc4ccccc4c(Cc4ccc5c(-c6ccc(N7c8ccccc8B8c9ccccc9N(c9ccc(-c%10c%11ccccc%11cc%11ccccc%10%11)cc9)c9cccc7c98)cc6)c6ccccc6cc5c4)c3Oc3cc(-c4c5ccccc5cc5ccccc45)cc(c31)O2. The summed E-state index contributed by atoms with van der Waals surface area (Å²) >= 11 is 0. The van der Waals surface area contributed by atoms with E-state index in [-0.39, 0.29) is 13.4 Å². The van der Waals surface area contributed by atoms with Gasteiger partial charge in [0.15, 0.2) is 0 Å². The van der Waals surface area contributed by atoms with Crippen molar-refractivity contribution in [2.45, 2.75) is 13.3 Å². The largest absolute Gasteiger partial charge is 0.458 e. The molecule has 0 unspecified atom stereocenters. The van der Waals surface area contributed by atoms with Crippen molar-refractivity contribution in [2.75, 3.05) is 9.80 Å². The van der Waals surface area contributed by atoms with Gasteiger partial charge in [-0.2, -0.15) is 0 Å². The van der Waals surface area contributed by atoms with E-state index >= 15 is 0 Å². The van der Waals surface area contributed by atoms with E-state index in [4.69, 9.17) is 9.47 Å². The fourth-order valence-electron chi connectivity index (χ4n) is 19.1. The van der Waals surface area contributed by atoms with Crippen molar-refractivity contribution >= 4 is 167 Å². The molecule has 0 saturated carbocycles. The number of hydrogen-bond acceptors (Lipinski definition) is 4. The molecule has 0 atom stereocenters. The maximum Gasteiger partial charge on any atom is 0.260 e. The molecule has 0 fully saturated rings. The average molecular weight is 1350 g/mol. The molecule has 106 heavy (non-hydrogen) atoms. The molecule has 4 aliphatic heterocycles. The van der Waals surface area contributed by atoms with E-state index in [1.165, 1.54) is 164 Å². The fraction of sp³-hybridized carbons (Fsp3) is 0.0200. The Morgan fingerprint density at radius 3 is 1.13 bits per heavy atom. The molecule has 23 rings (SSSR count). The van der Waals surface area contributed by atoms with Crippen LogP contribution in [0, 0.1) is 6.92 Å². The summed E-state index contributed by atoms with van der Waals surface area (Å²) in [5, 5.41) is 19.4. The standard InChI is InChI=1S/C100H62B2N2O2/c1-60-75-28-9-2-26-69(75)56-86-99(60)105-92-58-72(96-80-33-14-6-23-66(80)54-67-24-7-15-34-81(67)96)59-93-98(92)102(86)87-57-70-27-3-10-29-76(70)83(100(87)106-93)52-61-41-50-82-71(51-61)55-68-25-8-13-32-79(68)95(82)63-44-48-74(49-45-63)104-89-38-19-17-36-85(89)101-84-35-16-18-37-88(84)103(90-39-20-40-91(104)97(90)101)73-46-42-62(43-47-73)94-77-30-11-4-21-64(77)53-65-22-5-12-31-78(65)94/h2-51,53-59H,52H2,1H3. The van der Waals surface area contributed by atoms with Gasteiger partial charge in [0.1, 0.15) is 23.0 Å². The maximum atomic E-state index is 7.68. The minimum Gasteiger partial charge on any atom is -0.458 e. The first-order chi connectivity index (χ1) is 52.5. The number of anilines is 6. The number of fused-ring (bicyclic) bond motifs is 16. The molecule has 19 aromatic rings. The van der Waals surface area contributed by atoms with Crippen molar-refractivity contribution in [3.8, 4) is 56.4 Å². The zero-order chi connectivity index (χ0) is 69.4. The number of ether oxygens (including phenoxy) is 2. The molecule has 0 radical (unpaired) electrons. The van der Waals surface area contributed by atoms with Crippen molar-refractivity contribution < 1.29 is 9.47 Å². The van der Waals surface area contributed by atoms with Gasteiger partial charge in [0.25, 0.3) is 13.4 Å². The van der Waals surface area contributed by atoms with Crippen LogP contribution in [0.2, 0.25) is 0 Å². The first kappa shape index (κ1) is 59.2. The lowest BCUT2D eigenvalue weighted by Gasteiger charge is -2.44. The lowest BCUT2D eigenvalue weighted by atomic mass is 9.33. The van der Waals surface area contributed by atoms with Gasteiger partial charge in [-0.3, -0.25) is 0 Å². The predicted octanol–water partition coefficient (Wildman–Crippen LogP) is 22.6. The highest BCUT2D eigenvalue weighted by Gasteiger charge is 2.45. The van der Waals surface area contributed by atoms with E-state index in [0.717, 1.165) is 61.9 Å². The van der Waals surface area contributed by atoms with E-state index < -0.39 is 0 Å². The molecule has 4 heterocycles. The Hall–Kier alpha value is -13.4. The monoisotopic (exact) mass is 1340 g/mol. The third kappa shape index (κ3) is 8.73. The average Bonchev–Trinajstić information content (AvgIpc) is 0.705. The van der Waals surface area contributed by atoms with E-state index in [1.807, 2.05) is 0 Å². The first-order valence-electron chi connectivity index (χ1n) is 37.0. The van der Waals surface area contributed by atoms with Crippen LogP contribution in [0.1, 0.15) is 16.7 Å². The molecule has 19 aromatic carbocycles. The van der Waals surface area contributed by atoms with Crippen molar-refractivity contribution in [2.24, 2.45) is 0 Å². The molecule has 0 amide bonds. The van der Waals surface area contributed by atoms with Crippen LogP contribution >= 0.6 is 0 Å². The summed E-state index contributed by atoms with van der Waals surface area (Å²) in [4.78, 5) is 5.00. The number of benzene rings is 19. The molecule has 0 aliphatic carbocycles. The van der Waals surface area contributed by atoms with Crippen LogP contribution in [-0.4, -0.2) is 13.4 Å². The van der Waals surface area contributed by atoms with Crippen molar-refractivity contribution in [3.05, 3.63) is 362 Å². The molecule has 0 saturated heterocycles. The third-order valence-electron chi connectivity index (χ3n) is 23.6. The van der Waals surface area contributed by atoms with E-state index in [1.54, 1.807) is 0 Å². The Morgan fingerprint density at radius 1 is 0.264 bits per heavy atom. The Labute approximate surface area is 614 Å². The van der Waals surface area contributed by atoms with Crippen LogP contribution in [0.4, 0.5) is 34.1 Å². The highest BCUT2D eigenvalue weighted by molar-refractivity contribution is 7.00. The summed E-state index contributed by atoms with van der Waals surface area (Å²) in [7, 11) is 0. The number of hydrogen-bond donors (Lipinski definition) is 0. The van der Waals surface area contributed by atoms with Crippen LogP contribution in [-0.2, 0) is 6.42 Å². The van der Waals surface area contributed by atoms with Gasteiger partial charge in [-0.25, -0.2) is 0 Å². The minimum absolute atomic E-state index is 0.0306. The summed E-state index contributed by atoms with van der Waals surface area (Å²) in [5.41, 5.74) is 24.9. The molecular weight excluding hydrogens is 1280 g/mol. The van der Waals surface area contributed by atoms with Crippen LogP contribution in [0.15, 0.2) is 346 Å². The molecule has 0 bridgehead atoms. The van der Waals surface area contributed by atoms with Crippen LogP contribution < -0.4 is 52.1 Å². The molecule has 6 heteroatoms. The Balaban J connectivity index is 0.637. The van der Waals surface area contributed by atoms with Crippen molar-refractivity contribution in [1.29, 1.82) is 0 Å². The highest BCUT2D eigenvalue weighted by Crippen LogP contribution is 2.50. The summed E-state index contributed by atoms with van der Waals surface area (Å²) in [6.07, 6.45) is 0.652. The maximum absolute atomic E-state index is 7.68. The van der Waals surface area contributed by atoms with Crippen LogP contribution in [0.3, 0.4) is 0 Å². The van der Waals surface area contributed by atoms with E-state index in [9.17, 15) is 0 Å². The second kappa shape index (κ2) is 22.8. The van der Waals surface area contributed by atoms with Crippen LogP contribution in [0.25, 0.3) is 120 Å². The minimum atomic E-state index is -0.152. The Bertz CT molecular complexity index is 6940. The lowest BCUT2D eigenvalue weighted by Crippen LogP contribution is -2.61. The molecule has 4 nitrogen and oxygen atoms in total. The molecule has 0 N–H and O–H groups in total. The molecule has 490 valence electrons. The molecule has 4 aliphatic rings. The smallest absolute Gasteiger partial charge is 0.260 e. The van der Waals surface area contributed by atoms with Gasteiger partial charge in [-0.15, -0.1) is 0 Å². The highest BCUT2D eigenvalue weighted by atomic mass is 16.5. The second-order valence-corrected chi connectivity index (χ2v) is 29.3. The number of aryl methyl sites for hydroxylation is 1. The van der Waals surface area contributed by atoms with Gasteiger partial charge in [-0.1, -0.05) is 267 Å². The second-order valence-electron chi connectivity index (χ2n) is 29.3. The summed E-state index contributed by atoms with van der Waals surface area (Å²) in [6.45, 7) is 2.10. The topological polar surface area (TPSA) is 24.9 Å². The fourth-order valence-corrected chi connectivity index (χ4v) is 19.1. The molecular formula is C100H62B2N2O2. The molecule has 0 aromatic heterocycles. The predicted molar refractivity (Wildman–Crippen MR) is 448 cm³/mol. The molecule has 0 spiro atoms. The third-order valence-corrected chi connectivity index (χ3v) is 23.6. The number of para-hydroxylation sites is 2. The first-order valence-corrected chi connectivity index (χ1v) is 37.0. The Morgan fingerprint density at radius 2 is 0.632 bits per heavy atom. The van der Waals surface area contributed by atoms with Gasteiger partial charge >= 0.3 is 0 Å². The van der Waals surface area contributed by atoms with Gasteiger partial charge < -0.3 is 19.3 Å². The van der Waals surface area contributed by atoms with E-state index in [0.29, 0.717) is 6.42 Å². The lowest BCUT2D eigenvalue weighted by molar-refractivity contribution is 0.461. The summed E-state index contributed by atoms with van der Waals surface area (Å²) in [5.74, 6) is 3.50. The summed E-state index contributed by atoms with van der Waals surface area (Å²) < 4.78 is 15.0. The number of nitrogens with zero attached hydrogens (tertiary/aromatic N) is 2. The van der Waals surface area contributed by atoms with Crippen LogP contribution in [0.5, 0.6) is 23.0 Å². The normalized spacial score (nSPS) is 13.1. The van der Waals surface area contributed by atoms with Gasteiger partial charge in [0.2, 0.25) is 0 Å². The zero-order valence-electron chi connectivity index (χ0n) is 58.0. The summed E-state index contributed by atoms with van der Waals surface area (Å²) in [6, 6.07) is 129. The van der Waals surface area contributed by atoms with E-state index in [2.05, 4.69) is 363 Å². The van der Waals surface area contributed by atoms with Gasteiger partial charge in [0, 0.05) is 51.6 Å². The Kier molecular flexibility index (Phi) is 12.7. The van der Waals surface area contributed by atoms with Gasteiger partial charge in [0.05, 0.1) is 0 Å². The van der Waals surface area contributed by atoms with Crippen molar-refractivity contribution in [1.82, 2.24) is 0 Å². The van der Waals surface area contributed by atoms with Crippen molar-refractivity contribution in [3.63, 3.8) is 0 Å².